The topological polar surface area (TPSA) is 59.1 Å². The van der Waals surface area contributed by atoms with E-state index in [4.69, 9.17) is 4.74 Å². The average molecular weight is 388 g/mol. The van der Waals surface area contributed by atoms with E-state index < -0.39 is 11.7 Å². The molecule has 0 amide bonds. The van der Waals surface area contributed by atoms with Crippen LogP contribution >= 0.6 is 0 Å². The fraction of sp³-hybridized carbons (Fsp3) is 0.200. The highest BCUT2D eigenvalue weighted by molar-refractivity contribution is 5.64. The van der Waals surface area contributed by atoms with Gasteiger partial charge < -0.3 is 15.4 Å². The van der Waals surface area contributed by atoms with Crippen LogP contribution in [0.2, 0.25) is 0 Å². The van der Waals surface area contributed by atoms with Gasteiger partial charge in [-0.15, -0.1) is 0 Å². The lowest BCUT2D eigenvalue weighted by atomic mass is 10.2. The number of nitrogens with zero attached hydrogens (tertiary/aromatic N) is 2. The molecule has 1 heterocycles. The van der Waals surface area contributed by atoms with Crippen LogP contribution in [0.25, 0.3) is 0 Å². The molecule has 8 heteroatoms. The van der Waals surface area contributed by atoms with Crippen molar-refractivity contribution >= 4 is 23.1 Å². The van der Waals surface area contributed by atoms with Crippen LogP contribution in [0, 0.1) is 6.92 Å². The highest BCUT2D eigenvalue weighted by Gasteiger charge is 2.35. The van der Waals surface area contributed by atoms with Gasteiger partial charge in [-0.2, -0.15) is 18.2 Å². The van der Waals surface area contributed by atoms with Crippen molar-refractivity contribution in [1.82, 2.24) is 9.97 Å². The Kier molecular flexibility index (Phi) is 5.67. The summed E-state index contributed by atoms with van der Waals surface area (Å²) in [6, 6.07) is 14.0. The molecule has 0 aliphatic rings. The van der Waals surface area contributed by atoms with Gasteiger partial charge >= 0.3 is 6.18 Å². The number of hydrogen-bond donors (Lipinski definition) is 2. The molecule has 0 aliphatic heterocycles. The Hall–Kier alpha value is -3.29. The number of nitrogens with one attached hydrogen (secondary N) is 2. The minimum absolute atomic E-state index is 0.0655. The van der Waals surface area contributed by atoms with Crippen LogP contribution in [0.3, 0.4) is 0 Å². The quantitative estimate of drug-likeness (QED) is 0.568. The molecular weight excluding hydrogens is 369 g/mol. The Morgan fingerprint density at radius 3 is 2.36 bits per heavy atom. The summed E-state index contributed by atoms with van der Waals surface area (Å²) in [6.45, 7) is 4.24. The molecule has 0 spiro atoms. The Balaban J connectivity index is 1.91. The van der Waals surface area contributed by atoms with E-state index in [0.29, 0.717) is 23.7 Å². The van der Waals surface area contributed by atoms with Crippen molar-refractivity contribution in [3.8, 4) is 5.75 Å². The first-order chi connectivity index (χ1) is 13.4. The first kappa shape index (κ1) is 19.5. The van der Waals surface area contributed by atoms with E-state index in [9.17, 15) is 13.2 Å². The van der Waals surface area contributed by atoms with Crippen LogP contribution in [0.4, 0.5) is 36.3 Å². The van der Waals surface area contributed by atoms with E-state index in [1.807, 2.05) is 32.0 Å². The van der Waals surface area contributed by atoms with Gasteiger partial charge in [0.25, 0.3) is 0 Å². The molecule has 0 saturated heterocycles. The number of rotatable bonds is 6. The summed E-state index contributed by atoms with van der Waals surface area (Å²) in [4.78, 5) is 7.87. The maximum absolute atomic E-state index is 13.4. The summed E-state index contributed by atoms with van der Waals surface area (Å²) in [5.41, 5.74) is 1.15. The zero-order valence-electron chi connectivity index (χ0n) is 15.3. The maximum atomic E-state index is 13.4. The first-order valence-corrected chi connectivity index (χ1v) is 8.63. The summed E-state index contributed by atoms with van der Waals surface area (Å²) in [7, 11) is 0. The van der Waals surface area contributed by atoms with Crippen LogP contribution < -0.4 is 15.4 Å². The smallest absolute Gasteiger partial charge is 0.421 e. The van der Waals surface area contributed by atoms with E-state index in [2.05, 4.69) is 20.6 Å². The Bertz CT molecular complexity index is 943. The van der Waals surface area contributed by atoms with Crippen molar-refractivity contribution in [1.29, 1.82) is 0 Å². The second-order valence-corrected chi connectivity index (χ2v) is 5.98. The van der Waals surface area contributed by atoms with Gasteiger partial charge in [0.1, 0.15) is 17.1 Å². The fourth-order valence-electron chi connectivity index (χ4n) is 2.52. The van der Waals surface area contributed by atoms with Gasteiger partial charge in [-0.05, 0) is 49.7 Å². The van der Waals surface area contributed by atoms with Gasteiger partial charge in [0.2, 0.25) is 5.95 Å². The van der Waals surface area contributed by atoms with E-state index in [1.165, 1.54) is 0 Å². The van der Waals surface area contributed by atoms with Crippen molar-refractivity contribution < 1.29 is 17.9 Å². The molecule has 28 heavy (non-hydrogen) atoms. The van der Waals surface area contributed by atoms with Crippen LogP contribution in [0.1, 0.15) is 18.1 Å². The molecule has 1 aromatic heterocycles. The molecule has 5 nitrogen and oxygen atoms in total. The van der Waals surface area contributed by atoms with Crippen LogP contribution in [0.15, 0.2) is 54.7 Å². The van der Waals surface area contributed by atoms with Crippen molar-refractivity contribution in [2.75, 3.05) is 17.2 Å². The average Bonchev–Trinajstić information content (AvgIpc) is 2.65. The molecular formula is C20H19F3N4O. The lowest BCUT2D eigenvalue weighted by Gasteiger charge is -2.15. The van der Waals surface area contributed by atoms with E-state index in [-0.39, 0.29) is 11.8 Å². The molecule has 146 valence electrons. The van der Waals surface area contributed by atoms with Crippen LogP contribution in [-0.2, 0) is 6.18 Å². The zero-order valence-corrected chi connectivity index (χ0v) is 15.3. The van der Waals surface area contributed by atoms with Crippen molar-refractivity contribution in [2.45, 2.75) is 20.0 Å². The number of aryl methyl sites for hydroxylation is 1. The molecule has 3 aromatic rings. The molecule has 0 saturated carbocycles. The minimum Gasteiger partial charge on any atom is -0.494 e. The second-order valence-electron chi connectivity index (χ2n) is 5.98. The van der Waals surface area contributed by atoms with Gasteiger partial charge in [-0.25, -0.2) is 4.98 Å². The summed E-state index contributed by atoms with van der Waals surface area (Å²) >= 11 is 0. The van der Waals surface area contributed by atoms with E-state index >= 15 is 0 Å². The number of aromatic nitrogens is 2. The third kappa shape index (κ3) is 4.70. The Labute approximate surface area is 160 Å². The number of ether oxygens (including phenoxy) is 1. The number of benzene rings is 2. The largest absolute Gasteiger partial charge is 0.494 e. The molecule has 2 aromatic carbocycles. The molecule has 0 fully saturated rings. The maximum Gasteiger partial charge on any atom is 0.421 e. The molecule has 2 N–H and O–H groups in total. The molecule has 0 atom stereocenters. The molecule has 0 aliphatic carbocycles. The lowest BCUT2D eigenvalue weighted by Crippen LogP contribution is -2.12. The number of halogens is 3. The first-order valence-electron chi connectivity index (χ1n) is 8.63. The van der Waals surface area contributed by atoms with E-state index in [1.54, 1.807) is 30.3 Å². The number of hydrogen-bond acceptors (Lipinski definition) is 5. The number of para-hydroxylation sites is 1. The van der Waals surface area contributed by atoms with Gasteiger partial charge in [-0.1, -0.05) is 18.2 Å². The Morgan fingerprint density at radius 1 is 1.00 bits per heavy atom. The minimum atomic E-state index is -4.59. The Morgan fingerprint density at radius 2 is 1.71 bits per heavy atom. The molecule has 0 radical (unpaired) electrons. The van der Waals surface area contributed by atoms with Gasteiger partial charge in [0, 0.05) is 17.6 Å². The van der Waals surface area contributed by atoms with Crippen molar-refractivity contribution in [2.24, 2.45) is 0 Å². The standard InChI is InChI=1S/C20H19F3N4O/c1-3-28-15-10-8-14(9-11-15)25-18-16(20(21,22)23)12-24-19(27-18)26-17-7-5-4-6-13(17)2/h4-12H,3H2,1-2H3,(H2,24,25,26,27). The van der Waals surface area contributed by atoms with Gasteiger partial charge in [0.05, 0.1) is 6.61 Å². The summed E-state index contributed by atoms with van der Waals surface area (Å²) < 4.78 is 45.5. The molecule has 3 rings (SSSR count). The third-order valence-corrected chi connectivity index (χ3v) is 3.91. The van der Waals surface area contributed by atoms with Crippen LogP contribution in [0.5, 0.6) is 5.75 Å². The SMILES string of the molecule is CCOc1ccc(Nc2nc(Nc3ccccc3C)ncc2C(F)(F)F)cc1. The highest BCUT2D eigenvalue weighted by atomic mass is 19.4. The lowest BCUT2D eigenvalue weighted by molar-refractivity contribution is -0.137. The normalized spacial score (nSPS) is 11.2. The summed E-state index contributed by atoms with van der Waals surface area (Å²) in [6.07, 6.45) is -3.82. The zero-order chi connectivity index (χ0) is 20.1. The fourth-order valence-corrected chi connectivity index (χ4v) is 2.52. The third-order valence-electron chi connectivity index (χ3n) is 3.91. The van der Waals surface area contributed by atoms with Gasteiger partial charge in [-0.3, -0.25) is 0 Å². The second kappa shape index (κ2) is 8.16. The number of alkyl halides is 3. The van der Waals surface area contributed by atoms with Crippen molar-refractivity contribution in [3.63, 3.8) is 0 Å². The number of anilines is 4. The monoisotopic (exact) mass is 388 g/mol. The molecule has 0 unspecified atom stereocenters. The highest BCUT2D eigenvalue weighted by Crippen LogP contribution is 2.35. The van der Waals surface area contributed by atoms with Gasteiger partial charge in [0.15, 0.2) is 0 Å². The summed E-state index contributed by atoms with van der Waals surface area (Å²) in [5, 5.41) is 5.68. The van der Waals surface area contributed by atoms with Crippen LogP contribution in [-0.4, -0.2) is 16.6 Å². The summed E-state index contributed by atoms with van der Waals surface area (Å²) in [5.74, 6) is 0.368. The van der Waals surface area contributed by atoms with Crippen molar-refractivity contribution in [3.05, 3.63) is 65.9 Å². The molecule has 0 bridgehead atoms. The predicted molar refractivity (Wildman–Crippen MR) is 102 cm³/mol. The predicted octanol–water partition coefficient (Wildman–Crippen LogP) is 5.69. The van der Waals surface area contributed by atoms with E-state index in [0.717, 1.165) is 11.8 Å².